The molecular formula is C16H29. The fourth-order valence-electron chi connectivity index (χ4n) is 1.55. The van der Waals surface area contributed by atoms with Crippen LogP contribution in [0.15, 0.2) is 24.3 Å². The van der Waals surface area contributed by atoms with E-state index in [1.54, 1.807) is 0 Å². The van der Waals surface area contributed by atoms with Crippen LogP contribution in [0.25, 0.3) is 0 Å². The van der Waals surface area contributed by atoms with Gasteiger partial charge >= 0.3 is 0 Å². The number of allylic oxidation sites excluding steroid dienone is 4. The van der Waals surface area contributed by atoms with Crippen molar-refractivity contribution in [1.29, 1.82) is 0 Å². The lowest BCUT2D eigenvalue weighted by Gasteiger charge is -1.93. The molecule has 0 aromatic rings. The third-order valence-electron chi connectivity index (χ3n) is 2.64. The predicted molar refractivity (Wildman–Crippen MR) is 75.5 cm³/mol. The Balaban J connectivity index is 3.10. The van der Waals surface area contributed by atoms with Crippen molar-refractivity contribution in [3.05, 3.63) is 30.7 Å². The standard InChI is InChI=1S/C16H29/c1-3-5-7-9-11-13-15-16-14-12-10-8-6-4-2/h9,11-12,14-15H,3-8,10,13,16H2,1-2H3. The van der Waals surface area contributed by atoms with Crippen molar-refractivity contribution in [2.45, 2.75) is 71.6 Å². The van der Waals surface area contributed by atoms with E-state index < -0.39 is 0 Å². The summed E-state index contributed by atoms with van der Waals surface area (Å²) in [6.07, 6.45) is 23.0. The Kier molecular flexibility index (Phi) is 14.0. The predicted octanol–water partition coefficient (Wildman–Crippen LogP) is 5.85. The molecule has 93 valence electrons. The first-order chi connectivity index (χ1) is 7.91. The number of hydrogen-bond acceptors (Lipinski definition) is 0. The van der Waals surface area contributed by atoms with E-state index in [1.165, 1.54) is 44.9 Å². The van der Waals surface area contributed by atoms with Crippen molar-refractivity contribution in [2.24, 2.45) is 0 Å². The lowest BCUT2D eigenvalue weighted by atomic mass is 10.1. The molecule has 0 aliphatic heterocycles. The van der Waals surface area contributed by atoms with Crippen molar-refractivity contribution >= 4 is 0 Å². The molecule has 0 nitrogen and oxygen atoms in total. The minimum Gasteiger partial charge on any atom is -0.0885 e. The Morgan fingerprint density at radius 1 is 0.625 bits per heavy atom. The molecule has 0 saturated heterocycles. The summed E-state index contributed by atoms with van der Waals surface area (Å²) in [5.41, 5.74) is 0. The SMILES string of the molecule is CCCCC=CC[CH]CC=CCCCCC. The maximum absolute atomic E-state index is 2.35. The fourth-order valence-corrected chi connectivity index (χ4v) is 1.55. The summed E-state index contributed by atoms with van der Waals surface area (Å²) < 4.78 is 0. The number of hydrogen-bond donors (Lipinski definition) is 0. The Hall–Kier alpha value is -0.520. The van der Waals surface area contributed by atoms with E-state index in [4.69, 9.17) is 0 Å². The van der Waals surface area contributed by atoms with E-state index in [0.29, 0.717) is 0 Å². The highest BCUT2D eigenvalue weighted by Crippen LogP contribution is 2.03. The molecule has 0 aromatic carbocycles. The van der Waals surface area contributed by atoms with E-state index in [2.05, 4.69) is 44.6 Å². The molecule has 0 aliphatic carbocycles. The third kappa shape index (κ3) is 13.5. The van der Waals surface area contributed by atoms with E-state index >= 15 is 0 Å². The molecule has 0 bridgehead atoms. The molecule has 0 aliphatic rings. The van der Waals surface area contributed by atoms with Crippen LogP contribution in [0.5, 0.6) is 0 Å². The molecule has 0 aromatic heterocycles. The van der Waals surface area contributed by atoms with Crippen LogP contribution in [0.1, 0.15) is 71.6 Å². The zero-order chi connectivity index (χ0) is 11.9. The highest BCUT2D eigenvalue weighted by molar-refractivity contribution is 4.92. The van der Waals surface area contributed by atoms with Gasteiger partial charge in [0.25, 0.3) is 0 Å². The van der Waals surface area contributed by atoms with Crippen LogP contribution in [0, 0.1) is 6.42 Å². The number of unbranched alkanes of at least 4 members (excludes halogenated alkanes) is 7. The molecular weight excluding hydrogens is 192 g/mol. The maximum Gasteiger partial charge on any atom is -0.0311 e. The summed E-state index contributed by atoms with van der Waals surface area (Å²) in [5.74, 6) is 0. The first-order valence-corrected chi connectivity index (χ1v) is 7.03. The van der Waals surface area contributed by atoms with Gasteiger partial charge in [0.2, 0.25) is 0 Å². The summed E-state index contributed by atoms with van der Waals surface area (Å²) in [6, 6.07) is 0. The molecule has 0 heteroatoms. The third-order valence-corrected chi connectivity index (χ3v) is 2.64. The summed E-state index contributed by atoms with van der Waals surface area (Å²) in [6.45, 7) is 4.49. The van der Waals surface area contributed by atoms with E-state index in [1.807, 2.05) is 0 Å². The van der Waals surface area contributed by atoms with Crippen LogP contribution < -0.4 is 0 Å². The highest BCUT2D eigenvalue weighted by Gasteiger charge is 1.83. The monoisotopic (exact) mass is 221 g/mol. The molecule has 0 atom stereocenters. The van der Waals surface area contributed by atoms with Gasteiger partial charge in [0.05, 0.1) is 0 Å². The van der Waals surface area contributed by atoms with Gasteiger partial charge < -0.3 is 0 Å². The van der Waals surface area contributed by atoms with Crippen LogP contribution in [0.3, 0.4) is 0 Å². The van der Waals surface area contributed by atoms with Gasteiger partial charge in [-0.2, -0.15) is 0 Å². The van der Waals surface area contributed by atoms with Crippen LogP contribution in [-0.2, 0) is 0 Å². The van der Waals surface area contributed by atoms with Gasteiger partial charge in [-0.15, -0.1) is 0 Å². The zero-order valence-corrected chi connectivity index (χ0v) is 11.3. The Bertz CT molecular complexity index is 165. The lowest BCUT2D eigenvalue weighted by molar-refractivity contribution is 0.728. The van der Waals surface area contributed by atoms with Gasteiger partial charge in [-0.1, -0.05) is 63.8 Å². The lowest BCUT2D eigenvalue weighted by Crippen LogP contribution is -1.74. The van der Waals surface area contributed by atoms with Crippen molar-refractivity contribution in [1.82, 2.24) is 0 Å². The fraction of sp³-hybridized carbons (Fsp3) is 0.688. The van der Waals surface area contributed by atoms with Gasteiger partial charge in [0, 0.05) is 0 Å². The van der Waals surface area contributed by atoms with Crippen LogP contribution in [0.4, 0.5) is 0 Å². The Morgan fingerprint density at radius 3 is 1.75 bits per heavy atom. The second kappa shape index (κ2) is 14.5. The van der Waals surface area contributed by atoms with Crippen molar-refractivity contribution in [3.63, 3.8) is 0 Å². The number of rotatable bonds is 11. The zero-order valence-electron chi connectivity index (χ0n) is 11.3. The summed E-state index contributed by atoms with van der Waals surface area (Å²) in [5, 5.41) is 0. The largest absolute Gasteiger partial charge is 0.0885 e. The van der Waals surface area contributed by atoms with Crippen LogP contribution in [0.2, 0.25) is 0 Å². The highest BCUT2D eigenvalue weighted by atomic mass is 13.9. The van der Waals surface area contributed by atoms with Crippen LogP contribution >= 0.6 is 0 Å². The smallest absolute Gasteiger partial charge is 0.0311 e. The minimum atomic E-state index is 1.13. The second-order valence-electron chi connectivity index (χ2n) is 4.34. The Labute approximate surface area is 103 Å². The second-order valence-corrected chi connectivity index (χ2v) is 4.34. The average Bonchev–Trinajstić information content (AvgIpc) is 2.31. The molecule has 0 amide bonds. The maximum atomic E-state index is 2.35. The van der Waals surface area contributed by atoms with Crippen molar-refractivity contribution in [2.75, 3.05) is 0 Å². The topological polar surface area (TPSA) is 0 Å². The average molecular weight is 221 g/mol. The first-order valence-electron chi connectivity index (χ1n) is 7.03. The molecule has 16 heavy (non-hydrogen) atoms. The molecule has 0 rings (SSSR count). The van der Waals surface area contributed by atoms with Gasteiger partial charge in [-0.05, 0) is 38.5 Å². The first kappa shape index (κ1) is 15.5. The van der Waals surface area contributed by atoms with Crippen molar-refractivity contribution < 1.29 is 0 Å². The minimum absolute atomic E-state index is 1.13. The van der Waals surface area contributed by atoms with Gasteiger partial charge in [-0.3, -0.25) is 0 Å². The molecule has 0 N–H and O–H groups in total. The van der Waals surface area contributed by atoms with E-state index in [9.17, 15) is 0 Å². The van der Waals surface area contributed by atoms with E-state index in [-0.39, 0.29) is 0 Å². The quantitative estimate of drug-likeness (QED) is 0.303. The summed E-state index contributed by atoms with van der Waals surface area (Å²) in [7, 11) is 0. The van der Waals surface area contributed by atoms with Gasteiger partial charge in [0.15, 0.2) is 0 Å². The molecule has 1 radical (unpaired) electrons. The summed E-state index contributed by atoms with van der Waals surface area (Å²) >= 11 is 0. The molecule has 0 heterocycles. The normalized spacial score (nSPS) is 11.9. The Morgan fingerprint density at radius 2 is 1.19 bits per heavy atom. The molecule has 0 fully saturated rings. The van der Waals surface area contributed by atoms with Gasteiger partial charge in [0.1, 0.15) is 0 Å². The molecule has 0 spiro atoms. The van der Waals surface area contributed by atoms with E-state index in [0.717, 1.165) is 12.8 Å². The molecule has 0 saturated carbocycles. The molecule has 0 unspecified atom stereocenters. The van der Waals surface area contributed by atoms with Gasteiger partial charge in [-0.25, -0.2) is 0 Å². The van der Waals surface area contributed by atoms with Crippen molar-refractivity contribution in [3.8, 4) is 0 Å². The van der Waals surface area contributed by atoms with Crippen LogP contribution in [-0.4, -0.2) is 0 Å². The summed E-state index contributed by atoms with van der Waals surface area (Å²) in [4.78, 5) is 0.